The van der Waals surface area contributed by atoms with Crippen molar-refractivity contribution in [2.24, 2.45) is 0 Å². The molecule has 0 N–H and O–H groups in total. The third-order valence-electron chi connectivity index (χ3n) is 12.8. The molecule has 0 bridgehead atoms. The lowest BCUT2D eigenvalue weighted by atomic mass is 9.81. The highest BCUT2D eigenvalue weighted by Gasteiger charge is 2.36. The van der Waals surface area contributed by atoms with Gasteiger partial charge in [0.1, 0.15) is 0 Å². The van der Waals surface area contributed by atoms with E-state index in [0.29, 0.717) is 0 Å². The standard InChI is InChI=1S/C54H40N2/c1-53(2)47-17-9-7-14-39(47)41-25-23-35(28-49(41)53)44-30-46-45(36-24-26-42-40-15-8-10-18-48(40)54(3,4)50(42)29-36)31-51(56-52(46)43-16-6-5-13-38(43)44)34-21-19-33(20-22-34)37-12-11-27-55-32-37/h5-32H,1-4H3. The van der Waals surface area contributed by atoms with Crippen LogP contribution in [0.5, 0.6) is 0 Å². The van der Waals surface area contributed by atoms with Crippen LogP contribution in [0, 0.1) is 0 Å². The lowest BCUT2D eigenvalue weighted by molar-refractivity contribution is 0.660. The molecule has 0 spiro atoms. The first-order chi connectivity index (χ1) is 27.3. The molecule has 0 radical (unpaired) electrons. The lowest BCUT2D eigenvalue weighted by Crippen LogP contribution is -2.15. The van der Waals surface area contributed by atoms with E-state index in [1.54, 1.807) is 0 Å². The first kappa shape index (κ1) is 32.8. The predicted octanol–water partition coefficient (Wildman–Crippen LogP) is 14.1. The summed E-state index contributed by atoms with van der Waals surface area (Å²) in [5.74, 6) is 0. The Morgan fingerprint density at radius 3 is 1.48 bits per heavy atom. The SMILES string of the molecule is CC1(C)c2ccccc2-c2ccc(-c3cc4c(-c5ccc6c(c5)C(C)(C)c5ccccc5-6)cc(-c5ccc(-c6cccnc6)cc5)nc4c4ccccc34)cc21. The molecule has 2 heteroatoms. The molecule has 0 atom stereocenters. The van der Waals surface area contributed by atoms with E-state index in [-0.39, 0.29) is 10.8 Å². The molecule has 2 aliphatic carbocycles. The zero-order valence-corrected chi connectivity index (χ0v) is 32.1. The molecule has 0 saturated heterocycles. The van der Waals surface area contributed by atoms with Crippen LogP contribution in [0.3, 0.4) is 0 Å². The van der Waals surface area contributed by atoms with Gasteiger partial charge in [0.05, 0.1) is 11.2 Å². The molecular weight excluding hydrogens is 677 g/mol. The van der Waals surface area contributed by atoms with Crippen LogP contribution >= 0.6 is 0 Å². The molecule has 7 aromatic carbocycles. The van der Waals surface area contributed by atoms with Gasteiger partial charge in [-0.25, -0.2) is 4.98 Å². The maximum Gasteiger partial charge on any atom is 0.0794 e. The minimum atomic E-state index is -0.109. The van der Waals surface area contributed by atoms with Crippen molar-refractivity contribution in [3.05, 3.63) is 192 Å². The smallest absolute Gasteiger partial charge is 0.0794 e. The third kappa shape index (κ3) is 4.75. The Bertz CT molecular complexity index is 3060. The number of rotatable bonds is 4. The number of fused-ring (bicyclic) bond motifs is 9. The summed E-state index contributed by atoms with van der Waals surface area (Å²) in [7, 11) is 0. The van der Waals surface area contributed by atoms with Crippen molar-refractivity contribution in [3.8, 4) is 66.9 Å². The van der Waals surface area contributed by atoms with E-state index in [1.165, 1.54) is 72.1 Å². The normalized spacial score (nSPS) is 14.4. The minimum Gasteiger partial charge on any atom is -0.264 e. The summed E-state index contributed by atoms with van der Waals surface area (Å²) in [6.07, 6.45) is 3.73. The number of benzene rings is 7. The molecule has 0 saturated carbocycles. The van der Waals surface area contributed by atoms with Crippen molar-refractivity contribution in [1.82, 2.24) is 9.97 Å². The molecule has 2 aliphatic rings. The molecule has 2 heterocycles. The van der Waals surface area contributed by atoms with Crippen molar-refractivity contribution in [1.29, 1.82) is 0 Å². The zero-order chi connectivity index (χ0) is 37.8. The number of aromatic nitrogens is 2. The second-order valence-electron chi connectivity index (χ2n) is 16.6. The Morgan fingerprint density at radius 1 is 0.357 bits per heavy atom. The van der Waals surface area contributed by atoms with Crippen molar-refractivity contribution < 1.29 is 0 Å². The van der Waals surface area contributed by atoms with E-state index in [2.05, 4.69) is 184 Å². The Hall–Kier alpha value is -6.64. The summed E-state index contributed by atoms with van der Waals surface area (Å²) < 4.78 is 0. The fourth-order valence-electron chi connectivity index (χ4n) is 9.79. The highest BCUT2D eigenvalue weighted by Crippen LogP contribution is 2.52. The maximum absolute atomic E-state index is 5.53. The van der Waals surface area contributed by atoms with Gasteiger partial charge in [-0.15, -0.1) is 0 Å². The first-order valence-electron chi connectivity index (χ1n) is 19.6. The van der Waals surface area contributed by atoms with Crippen LogP contribution in [0.25, 0.3) is 88.6 Å². The van der Waals surface area contributed by atoms with Gasteiger partial charge >= 0.3 is 0 Å². The number of hydrogen-bond donors (Lipinski definition) is 0. The van der Waals surface area contributed by atoms with Gasteiger partial charge in [0, 0.05) is 39.6 Å². The lowest BCUT2D eigenvalue weighted by Gasteiger charge is -2.23. The minimum absolute atomic E-state index is 0.0857. The highest BCUT2D eigenvalue weighted by molar-refractivity contribution is 6.16. The first-order valence-corrected chi connectivity index (χ1v) is 19.6. The summed E-state index contributed by atoms with van der Waals surface area (Å²) in [5, 5.41) is 3.53. The van der Waals surface area contributed by atoms with Gasteiger partial charge in [-0.05, 0) is 114 Å². The zero-order valence-electron chi connectivity index (χ0n) is 32.1. The van der Waals surface area contributed by atoms with Crippen molar-refractivity contribution in [3.63, 3.8) is 0 Å². The molecule has 9 aromatic rings. The molecule has 0 amide bonds. The summed E-state index contributed by atoms with van der Waals surface area (Å²) in [6.45, 7) is 9.45. The van der Waals surface area contributed by atoms with E-state index in [1.807, 2.05) is 18.5 Å². The van der Waals surface area contributed by atoms with E-state index in [9.17, 15) is 0 Å². The van der Waals surface area contributed by atoms with Gasteiger partial charge in [0.2, 0.25) is 0 Å². The number of nitrogens with zero attached hydrogens (tertiary/aromatic N) is 2. The second-order valence-corrected chi connectivity index (χ2v) is 16.6. The van der Waals surface area contributed by atoms with Crippen LogP contribution in [0.4, 0.5) is 0 Å². The largest absolute Gasteiger partial charge is 0.264 e. The van der Waals surface area contributed by atoms with Crippen LogP contribution < -0.4 is 0 Å². The van der Waals surface area contributed by atoms with Gasteiger partial charge in [-0.3, -0.25) is 4.98 Å². The van der Waals surface area contributed by atoms with E-state index < -0.39 is 0 Å². The van der Waals surface area contributed by atoms with Crippen LogP contribution in [0.1, 0.15) is 49.9 Å². The van der Waals surface area contributed by atoms with Gasteiger partial charge in [0.15, 0.2) is 0 Å². The molecule has 0 unspecified atom stereocenters. The Kier molecular flexibility index (Phi) is 6.98. The molecule has 2 aromatic heterocycles. The predicted molar refractivity (Wildman–Crippen MR) is 234 cm³/mol. The molecule has 56 heavy (non-hydrogen) atoms. The fourth-order valence-corrected chi connectivity index (χ4v) is 9.79. The third-order valence-corrected chi connectivity index (χ3v) is 12.8. The maximum atomic E-state index is 5.53. The summed E-state index contributed by atoms with van der Waals surface area (Å²) in [5.41, 5.74) is 20.8. The topological polar surface area (TPSA) is 25.8 Å². The van der Waals surface area contributed by atoms with Crippen LogP contribution in [-0.2, 0) is 10.8 Å². The molecular formula is C54H40N2. The quantitative estimate of drug-likeness (QED) is 0.170. The van der Waals surface area contributed by atoms with Crippen LogP contribution in [-0.4, -0.2) is 9.97 Å². The molecule has 11 rings (SSSR count). The van der Waals surface area contributed by atoms with Gasteiger partial charge in [-0.2, -0.15) is 0 Å². The molecule has 266 valence electrons. The van der Waals surface area contributed by atoms with Crippen LogP contribution in [0.15, 0.2) is 170 Å². The van der Waals surface area contributed by atoms with Crippen molar-refractivity contribution in [2.45, 2.75) is 38.5 Å². The summed E-state index contributed by atoms with van der Waals surface area (Å²) in [6, 6.07) is 58.4. The van der Waals surface area contributed by atoms with E-state index in [0.717, 1.165) is 38.7 Å². The van der Waals surface area contributed by atoms with Gasteiger partial charge in [0.25, 0.3) is 0 Å². The number of hydrogen-bond acceptors (Lipinski definition) is 2. The Balaban J connectivity index is 1.16. The number of pyridine rings is 2. The summed E-state index contributed by atoms with van der Waals surface area (Å²) >= 11 is 0. The second kappa shape index (κ2) is 11.9. The van der Waals surface area contributed by atoms with Crippen molar-refractivity contribution in [2.75, 3.05) is 0 Å². The molecule has 0 aliphatic heterocycles. The fraction of sp³-hybridized carbons (Fsp3) is 0.111. The van der Waals surface area contributed by atoms with E-state index in [4.69, 9.17) is 4.98 Å². The van der Waals surface area contributed by atoms with Crippen molar-refractivity contribution >= 4 is 21.7 Å². The summed E-state index contributed by atoms with van der Waals surface area (Å²) in [4.78, 5) is 9.87. The average molecular weight is 717 g/mol. The molecule has 0 fully saturated rings. The highest BCUT2D eigenvalue weighted by atomic mass is 14.7. The van der Waals surface area contributed by atoms with E-state index >= 15 is 0 Å². The average Bonchev–Trinajstić information content (AvgIpc) is 3.62. The van der Waals surface area contributed by atoms with Crippen LogP contribution in [0.2, 0.25) is 0 Å². The monoisotopic (exact) mass is 716 g/mol. The Morgan fingerprint density at radius 2 is 0.875 bits per heavy atom. The Labute approximate surface area is 328 Å². The molecule has 2 nitrogen and oxygen atoms in total. The van der Waals surface area contributed by atoms with Gasteiger partial charge < -0.3 is 0 Å². The van der Waals surface area contributed by atoms with Gasteiger partial charge in [-0.1, -0.05) is 155 Å².